The normalized spacial score (nSPS) is 22.7. The molecule has 2 aliphatic rings. The second-order valence-electron chi connectivity index (χ2n) is 6.93. The number of likely N-dealkylation sites (N-methyl/N-ethyl adjacent to an activating group) is 1. The highest BCUT2D eigenvalue weighted by molar-refractivity contribution is 5.65. The van der Waals surface area contributed by atoms with Crippen LogP contribution in [-0.4, -0.2) is 31.6 Å². The molecule has 2 atom stereocenters. The van der Waals surface area contributed by atoms with Crippen LogP contribution in [0.25, 0.3) is 0 Å². The first kappa shape index (κ1) is 14.6. The Morgan fingerprint density at radius 1 is 1.04 bits per heavy atom. The van der Waals surface area contributed by atoms with Gasteiger partial charge < -0.3 is 14.5 Å². The van der Waals surface area contributed by atoms with Crippen LogP contribution in [-0.2, 0) is 0 Å². The first-order valence-corrected chi connectivity index (χ1v) is 8.44. The lowest BCUT2D eigenvalue weighted by molar-refractivity contribution is 0.239. The molecule has 3 heteroatoms. The predicted octanol–water partition coefficient (Wildman–Crippen LogP) is 4.37. The van der Waals surface area contributed by atoms with Crippen LogP contribution in [0.15, 0.2) is 42.5 Å². The first-order valence-electron chi connectivity index (χ1n) is 8.44. The van der Waals surface area contributed by atoms with Gasteiger partial charge in [-0.3, -0.25) is 0 Å². The lowest BCUT2D eigenvalue weighted by Crippen LogP contribution is -2.46. The van der Waals surface area contributed by atoms with E-state index in [2.05, 4.69) is 73.3 Å². The third kappa shape index (κ3) is 2.40. The summed E-state index contributed by atoms with van der Waals surface area (Å²) in [5.74, 6) is 2.03. The van der Waals surface area contributed by atoms with Gasteiger partial charge in [0.2, 0.25) is 0 Å². The van der Waals surface area contributed by atoms with Crippen molar-refractivity contribution >= 4 is 5.69 Å². The molecule has 0 saturated carbocycles. The Hall–Kier alpha value is -2.00. The fourth-order valence-corrected chi connectivity index (χ4v) is 3.93. The molecule has 2 aromatic rings. The summed E-state index contributed by atoms with van der Waals surface area (Å²) in [5.41, 5.74) is 3.77. The van der Waals surface area contributed by atoms with E-state index in [1.165, 1.54) is 23.2 Å². The molecule has 2 unspecified atom stereocenters. The van der Waals surface area contributed by atoms with Crippen LogP contribution in [0, 0.1) is 6.92 Å². The second-order valence-corrected chi connectivity index (χ2v) is 6.93. The topological polar surface area (TPSA) is 15.7 Å². The Kier molecular flexibility index (Phi) is 3.53. The Balaban J connectivity index is 1.86. The van der Waals surface area contributed by atoms with Crippen molar-refractivity contribution in [2.45, 2.75) is 31.8 Å². The van der Waals surface area contributed by atoms with Crippen molar-refractivity contribution in [1.29, 1.82) is 0 Å². The van der Waals surface area contributed by atoms with E-state index < -0.39 is 0 Å². The van der Waals surface area contributed by atoms with Crippen LogP contribution in [0.2, 0.25) is 0 Å². The van der Waals surface area contributed by atoms with Crippen molar-refractivity contribution in [2.24, 2.45) is 0 Å². The third-order valence-corrected chi connectivity index (χ3v) is 5.28. The van der Waals surface area contributed by atoms with E-state index in [1.807, 2.05) is 0 Å². The molecule has 23 heavy (non-hydrogen) atoms. The number of piperidine rings is 1. The molecule has 1 saturated heterocycles. The van der Waals surface area contributed by atoms with Crippen LogP contribution in [0.1, 0.15) is 30.0 Å². The maximum Gasteiger partial charge on any atom is 0.150 e. The molecular formula is C20H24N2O. The van der Waals surface area contributed by atoms with E-state index in [0.29, 0.717) is 12.1 Å². The van der Waals surface area contributed by atoms with Crippen molar-refractivity contribution < 1.29 is 4.74 Å². The van der Waals surface area contributed by atoms with Gasteiger partial charge in [0.15, 0.2) is 5.75 Å². The number of rotatable bonds is 1. The zero-order chi connectivity index (χ0) is 16.0. The van der Waals surface area contributed by atoms with E-state index in [-0.39, 0.29) is 0 Å². The molecule has 0 aromatic heterocycles. The number of hydrogen-bond acceptors (Lipinski definition) is 3. The SMILES string of the molecule is Cc1cccc2c1Oc1ccccc1N1CC(N(C)C)CCC21. The molecule has 0 amide bonds. The molecule has 1 fully saturated rings. The molecular weight excluding hydrogens is 284 g/mol. The van der Waals surface area contributed by atoms with E-state index >= 15 is 0 Å². The number of hydrogen-bond donors (Lipinski definition) is 0. The smallest absolute Gasteiger partial charge is 0.150 e. The van der Waals surface area contributed by atoms with Gasteiger partial charge in [-0.05, 0) is 51.6 Å². The van der Waals surface area contributed by atoms with Crippen molar-refractivity contribution in [3.8, 4) is 11.5 Å². The summed E-state index contributed by atoms with van der Waals surface area (Å²) in [6.07, 6.45) is 2.39. The molecule has 2 heterocycles. The second kappa shape index (κ2) is 5.57. The zero-order valence-electron chi connectivity index (χ0n) is 14.1. The highest BCUT2D eigenvalue weighted by atomic mass is 16.5. The fourth-order valence-electron chi connectivity index (χ4n) is 3.93. The van der Waals surface area contributed by atoms with Crippen LogP contribution in [0.5, 0.6) is 11.5 Å². The largest absolute Gasteiger partial charge is 0.455 e. The number of nitrogens with zero attached hydrogens (tertiary/aromatic N) is 2. The van der Waals surface area contributed by atoms with E-state index in [1.54, 1.807) is 0 Å². The molecule has 0 radical (unpaired) electrons. The third-order valence-electron chi connectivity index (χ3n) is 5.28. The maximum atomic E-state index is 6.37. The summed E-state index contributed by atoms with van der Waals surface area (Å²) >= 11 is 0. The van der Waals surface area contributed by atoms with Gasteiger partial charge in [-0.25, -0.2) is 0 Å². The number of para-hydroxylation sites is 3. The molecule has 2 aromatic carbocycles. The van der Waals surface area contributed by atoms with Crippen molar-refractivity contribution in [1.82, 2.24) is 4.90 Å². The van der Waals surface area contributed by atoms with Gasteiger partial charge in [0, 0.05) is 18.2 Å². The Morgan fingerprint density at radius 2 is 1.87 bits per heavy atom. The monoisotopic (exact) mass is 308 g/mol. The van der Waals surface area contributed by atoms with Crippen LogP contribution in [0.3, 0.4) is 0 Å². The molecule has 0 aliphatic carbocycles. The van der Waals surface area contributed by atoms with E-state index in [4.69, 9.17) is 4.74 Å². The minimum atomic E-state index is 0.407. The summed E-state index contributed by atoms with van der Waals surface area (Å²) < 4.78 is 6.37. The van der Waals surface area contributed by atoms with Gasteiger partial charge in [-0.15, -0.1) is 0 Å². The highest BCUT2D eigenvalue weighted by Crippen LogP contribution is 2.48. The molecule has 4 rings (SSSR count). The molecule has 0 spiro atoms. The van der Waals surface area contributed by atoms with Crippen molar-refractivity contribution in [2.75, 3.05) is 25.5 Å². The number of anilines is 1. The minimum absolute atomic E-state index is 0.407. The molecule has 120 valence electrons. The van der Waals surface area contributed by atoms with Gasteiger partial charge in [0.1, 0.15) is 5.75 Å². The predicted molar refractivity (Wildman–Crippen MR) is 94.5 cm³/mol. The number of ether oxygens (including phenoxy) is 1. The molecule has 0 bridgehead atoms. The summed E-state index contributed by atoms with van der Waals surface area (Å²) in [5, 5.41) is 0. The molecule has 3 nitrogen and oxygen atoms in total. The molecule has 2 aliphatic heterocycles. The van der Waals surface area contributed by atoms with Gasteiger partial charge in [0.25, 0.3) is 0 Å². The lowest BCUT2D eigenvalue weighted by Gasteiger charge is -2.42. The number of benzene rings is 2. The average molecular weight is 308 g/mol. The summed E-state index contributed by atoms with van der Waals surface area (Å²) in [4.78, 5) is 4.90. The fraction of sp³-hybridized carbons (Fsp3) is 0.400. The van der Waals surface area contributed by atoms with Crippen molar-refractivity contribution in [3.63, 3.8) is 0 Å². The summed E-state index contributed by atoms with van der Waals surface area (Å²) in [6.45, 7) is 3.19. The van der Waals surface area contributed by atoms with Gasteiger partial charge >= 0.3 is 0 Å². The Morgan fingerprint density at radius 3 is 2.70 bits per heavy atom. The number of aryl methyl sites for hydroxylation is 1. The first-order chi connectivity index (χ1) is 11.1. The van der Waals surface area contributed by atoms with Crippen LogP contribution >= 0.6 is 0 Å². The van der Waals surface area contributed by atoms with Crippen molar-refractivity contribution in [3.05, 3.63) is 53.6 Å². The van der Waals surface area contributed by atoms with E-state index in [0.717, 1.165) is 24.5 Å². The summed E-state index contributed by atoms with van der Waals surface area (Å²) in [6, 6.07) is 16.0. The Labute approximate surface area is 138 Å². The standard InChI is InChI=1S/C20H24N2O/c1-14-7-6-8-16-17-12-11-15(21(2)3)13-22(17)18-9-4-5-10-19(18)23-20(14)16/h4-10,15,17H,11-13H2,1-3H3. The maximum absolute atomic E-state index is 6.37. The Bertz CT molecular complexity index is 725. The van der Waals surface area contributed by atoms with Crippen LogP contribution in [0.4, 0.5) is 5.69 Å². The quantitative estimate of drug-likeness (QED) is 0.778. The highest BCUT2D eigenvalue weighted by Gasteiger charge is 2.35. The lowest BCUT2D eigenvalue weighted by atomic mass is 9.90. The van der Waals surface area contributed by atoms with Gasteiger partial charge in [-0.2, -0.15) is 0 Å². The van der Waals surface area contributed by atoms with Gasteiger partial charge in [0.05, 0.1) is 11.7 Å². The molecule has 0 N–H and O–H groups in total. The number of fused-ring (bicyclic) bond motifs is 5. The van der Waals surface area contributed by atoms with E-state index in [9.17, 15) is 0 Å². The van der Waals surface area contributed by atoms with Gasteiger partial charge in [-0.1, -0.05) is 30.3 Å². The summed E-state index contributed by atoms with van der Waals surface area (Å²) in [7, 11) is 4.37. The average Bonchev–Trinajstić information content (AvgIpc) is 2.70. The van der Waals surface area contributed by atoms with Crippen LogP contribution < -0.4 is 9.64 Å². The zero-order valence-corrected chi connectivity index (χ0v) is 14.1. The minimum Gasteiger partial charge on any atom is -0.455 e.